The maximum Gasteiger partial charge on any atom is 0.169 e. The van der Waals surface area contributed by atoms with Crippen molar-refractivity contribution >= 4 is 6.29 Å². The minimum absolute atomic E-state index is 0.408. The third-order valence-corrected chi connectivity index (χ3v) is 3.00. The van der Waals surface area contributed by atoms with Crippen LogP contribution in [-0.2, 0) is 0 Å². The van der Waals surface area contributed by atoms with Gasteiger partial charge in [0.25, 0.3) is 0 Å². The summed E-state index contributed by atoms with van der Waals surface area (Å²) in [6.45, 7) is 0. The number of aromatic nitrogens is 3. The van der Waals surface area contributed by atoms with Crippen LogP contribution < -0.4 is 0 Å². The lowest BCUT2D eigenvalue weighted by atomic mass is 10.0. The van der Waals surface area contributed by atoms with E-state index in [1.54, 1.807) is 31.0 Å². The lowest BCUT2D eigenvalue weighted by Crippen LogP contribution is -1.94. The van der Waals surface area contributed by atoms with Gasteiger partial charge in [0, 0.05) is 53.2 Å². The van der Waals surface area contributed by atoms with Crippen LogP contribution in [0, 0.1) is 0 Å². The van der Waals surface area contributed by atoms with Gasteiger partial charge in [-0.2, -0.15) is 0 Å². The topological polar surface area (TPSA) is 55.7 Å². The third-order valence-electron chi connectivity index (χ3n) is 3.00. The number of hydrogen-bond acceptors (Lipinski definition) is 4. The highest BCUT2D eigenvalue weighted by Crippen LogP contribution is 2.26. The highest BCUT2D eigenvalue weighted by atomic mass is 16.1. The van der Waals surface area contributed by atoms with Gasteiger partial charge in [-0.05, 0) is 18.2 Å². The molecular formula is C16H11N3O. The first-order chi connectivity index (χ1) is 9.88. The van der Waals surface area contributed by atoms with Crippen LogP contribution in [0.25, 0.3) is 22.3 Å². The monoisotopic (exact) mass is 261 g/mol. The van der Waals surface area contributed by atoms with Crippen LogP contribution >= 0.6 is 0 Å². The average Bonchev–Trinajstić information content (AvgIpc) is 2.56. The minimum atomic E-state index is 0.408. The molecule has 0 bridgehead atoms. The summed E-state index contributed by atoms with van der Waals surface area (Å²) in [7, 11) is 0. The van der Waals surface area contributed by atoms with Gasteiger partial charge in [0.1, 0.15) is 5.69 Å². The van der Waals surface area contributed by atoms with E-state index in [9.17, 15) is 4.79 Å². The summed E-state index contributed by atoms with van der Waals surface area (Å²) in [4.78, 5) is 23.6. The number of aldehydes is 1. The van der Waals surface area contributed by atoms with Crippen molar-refractivity contribution in [3.8, 4) is 22.3 Å². The quantitative estimate of drug-likeness (QED) is 0.680. The molecule has 0 radical (unpaired) electrons. The summed E-state index contributed by atoms with van der Waals surface area (Å²) in [5, 5.41) is 0. The van der Waals surface area contributed by atoms with Crippen LogP contribution in [-0.4, -0.2) is 21.2 Å². The van der Waals surface area contributed by atoms with E-state index in [2.05, 4.69) is 15.0 Å². The molecule has 0 aliphatic carbocycles. The first-order valence-corrected chi connectivity index (χ1v) is 6.14. The Kier molecular flexibility index (Phi) is 3.29. The normalized spacial score (nSPS) is 10.2. The van der Waals surface area contributed by atoms with Crippen LogP contribution in [0.4, 0.5) is 0 Å². The second-order valence-electron chi connectivity index (χ2n) is 4.26. The Hall–Kier alpha value is -2.88. The molecule has 0 saturated heterocycles. The van der Waals surface area contributed by atoms with E-state index in [0.717, 1.165) is 28.5 Å². The molecule has 0 amide bonds. The van der Waals surface area contributed by atoms with E-state index in [-0.39, 0.29) is 0 Å². The summed E-state index contributed by atoms with van der Waals surface area (Å²) in [5.74, 6) is 0. The van der Waals surface area contributed by atoms with Gasteiger partial charge >= 0.3 is 0 Å². The Morgan fingerprint density at radius 3 is 2.15 bits per heavy atom. The molecule has 3 aromatic heterocycles. The van der Waals surface area contributed by atoms with Crippen LogP contribution in [0.2, 0.25) is 0 Å². The van der Waals surface area contributed by atoms with Crippen molar-refractivity contribution in [3.63, 3.8) is 0 Å². The average molecular weight is 261 g/mol. The Morgan fingerprint density at radius 1 is 0.850 bits per heavy atom. The number of pyridine rings is 3. The Bertz CT molecular complexity index is 727. The number of rotatable bonds is 3. The second kappa shape index (κ2) is 5.40. The van der Waals surface area contributed by atoms with Crippen molar-refractivity contribution < 1.29 is 4.79 Å². The van der Waals surface area contributed by atoms with Gasteiger partial charge in [-0.25, -0.2) is 0 Å². The van der Waals surface area contributed by atoms with Crippen molar-refractivity contribution in [1.29, 1.82) is 0 Å². The molecule has 0 fully saturated rings. The SMILES string of the molecule is O=Cc1ncc(-c2cccnc2)cc1-c1cccnc1. The highest BCUT2D eigenvalue weighted by molar-refractivity contribution is 5.87. The summed E-state index contributed by atoms with van der Waals surface area (Å²) in [6.07, 6.45) is 9.35. The van der Waals surface area contributed by atoms with Gasteiger partial charge in [0.15, 0.2) is 6.29 Å². The second-order valence-corrected chi connectivity index (χ2v) is 4.26. The largest absolute Gasteiger partial charge is 0.296 e. The fourth-order valence-electron chi connectivity index (χ4n) is 2.01. The van der Waals surface area contributed by atoms with Gasteiger partial charge in [0.2, 0.25) is 0 Å². The summed E-state index contributed by atoms with van der Waals surface area (Å²) >= 11 is 0. The zero-order valence-corrected chi connectivity index (χ0v) is 10.6. The van der Waals surface area contributed by atoms with E-state index in [1.807, 2.05) is 30.3 Å². The van der Waals surface area contributed by atoms with Gasteiger partial charge in [0.05, 0.1) is 0 Å². The van der Waals surface area contributed by atoms with Crippen LogP contribution in [0.1, 0.15) is 10.5 Å². The number of hydrogen-bond donors (Lipinski definition) is 0. The van der Waals surface area contributed by atoms with Crippen LogP contribution in [0.15, 0.2) is 61.3 Å². The number of carbonyl (C=O) groups excluding carboxylic acids is 1. The Morgan fingerprint density at radius 2 is 1.55 bits per heavy atom. The zero-order valence-electron chi connectivity index (χ0n) is 10.6. The van der Waals surface area contributed by atoms with Crippen molar-refractivity contribution in [3.05, 3.63) is 67.0 Å². The fourth-order valence-corrected chi connectivity index (χ4v) is 2.01. The first kappa shape index (κ1) is 12.2. The van der Waals surface area contributed by atoms with E-state index < -0.39 is 0 Å². The third kappa shape index (κ3) is 2.31. The molecule has 0 saturated carbocycles. The molecule has 20 heavy (non-hydrogen) atoms. The predicted octanol–water partition coefficient (Wildman–Crippen LogP) is 3.02. The molecule has 96 valence electrons. The molecule has 3 aromatic rings. The molecule has 0 unspecified atom stereocenters. The molecule has 0 atom stereocenters. The van der Waals surface area contributed by atoms with E-state index in [0.29, 0.717) is 5.69 Å². The van der Waals surface area contributed by atoms with E-state index >= 15 is 0 Å². The fraction of sp³-hybridized carbons (Fsp3) is 0. The van der Waals surface area contributed by atoms with E-state index in [1.165, 1.54) is 0 Å². The highest BCUT2D eigenvalue weighted by Gasteiger charge is 2.08. The van der Waals surface area contributed by atoms with Gasteiger partial charge in [-0.3, -0.25) is 19.7 Å². The molecule has 0 aliphatic heterocycles. The molecule has 0 aliphatic rings. The number of nitrogens with zero attached hydrogens (tertiary/aromatic N) is 3. The van der Waals surface area contributed by atoms with Crippen molar-refractivity contribution in [2.75, 3.05) is 0 Å². The smallest absolute Gasteiger partial charge is 0.169 e. The molecular weight excluding hydrogens is 250 g/mol. The molecule has 0 aromatic carbocycles. The molecule has 0 N–H and O–H groups in total. The van der Waals surface area contributed by atoms with E-state index in [4.69, 9.17) is 0 Å². The van der Waals surface area contributed by atoms with Crippen molar-refractivity contribution in [2.45, 2.75) is 0 Å². The maximum atomic E-state index is 11.2. The molecule has 0 spiro atoms. The lowest BCUT2D eigenvalue weighted by Gasteiger charge is -2.07. The first-order valence-electron chi connectivity index (χ1n) is 6.14. The Balaban J connectivity index is 2.16. The maximum absolute atomic E-state index is 11.2. The standard InChI is InChI=1S/C16H11N3O/c20-11-16-15(13-4-2-6-18-9-13)7-14(10-19-16)12-3-1-5-17-8-12/h1-11H. The molecule has 4 heteroatoms. The zero-order chi connectivity index (χ0) is 13.8. The lowest BCUT2D eigenvalue weighted by molar-refractivity contribution is 0.111. The van der Waals surface area contributed by atoms with Crippen LogP contribution in [0.3, 0.4) is 0 Å². The van der Waals surface area contributed by atoms with Crippen LogP contribution in [0.5, 0.6) is 0 Å². The summed E-state index contributed by atoms with van der Waals surface area (Å²) < 4.78 is 0. The van der Waals surface area contributed by atoms with Gasteiger partial charge in [-0.15, -0.1) is 0 Å². The predicted molar refractivity (Wildman–Crippen MR) is 76.1 cm³/mol. The Labute approximate surface area is 116 Å². The minimum Gasteiger partial charge on any atom is -0.296 e. The van der Waals surface area contributed by atoms with Gasteiger partial charge < -0.3 is 0 Å². The van der Waals surface area contributed by atoms with Gasteiger partial charge in [-0.1, -0.05) is 12.1 Å². The van der Waals surface area contributed by atoms with Crippen molar-refractivity contribution in [2.24, 2.45) is 0 Å². The molecule has 3 heterocycles. The summed E-state index contributed by atoms with van der Waals surface area (Å²) in [5.41, 5.74) is 3.93. The van der Waals surface area contributed by atoms with Crippen molar-refractivity contribution in [1.82, 2.24) is 15.0 Å². The number of carbonyl (C=O) groups is 1. The summed E-state index contributed by atoms with van der Waals surface area (Å²) in [6, 6.07) is 9.50. The molecule has 4 nitrogen and oxygen atoms in total. The molecule has 3 rings (SSSR count).